The molecule has 3 amide bonds. The van der Waals surface area contributed by atoms with E-state index < -0.39 is 6.04 Å². The Morgan fingerprint density at radius 3 is 2.39 bits per heavy atom. The average Bonchev–Trinajstić information content (AvgIpc) is 2.81. The summed E-state index contributed by atoms with van der Waals surface area (Å²) in [4.78, 5) is 29.7. The summed E-state index contributed by atoms with van der Waals surface area (Å²) in [7, 11) is 0. The second kappa shape index (κ2) is 8.67. The molecule has 0 spiro atoms. The van der Waals surface area contributed by atoms with E-state index in [1.165, 1.54) is 24.3 Å². The molecule has 2 heterocycles. The molecule has 0 radical (unpaired) electrons. The summed E-state index contributed by atoms with van der Waals surface area (Å²) in [6.45, 7) is 0.158. The maximum Gasteiger partial charge on any atom is 0.322 e. The van der Waals surface area contributed by atoms with Crippen LogP contribution in [0.15, 0.2) is 78.9 Å². The van der Waals surface area contributed by atoms with Crippen molar-refractivity contribution in [2.75, 3.05) is 23.4 Å². The zero-order valence-electron chi connectivity index (χ0n) is 17.9. The van der Waals surface area contributed by atoms with Crippen molar-refractivity contribution in [2.45, 2.75) is 24.4 Å². The fourth-order valence-electron chi connectivity index (χ4n) is 4.99. The number of anilines is 2. The molecule has 3 aromatic carbocycles. The maximum atomic E-state index is 13.3. The summed E-state index contributed by atoms with van der Waals surface area (Å²) < 4.78 is 13.2. The Morgan fingerprint density at radius 1 is 0.970 bits per heavy atom. The van der Waals surface area contributed by atoms with Gasteiger partial charge in [0, 0.05) is 23.8 Å². The topological polar surface area (TPSA) is 72.9 Å². The van der Waals surface area contributed by atoms with E-state index in [-0.39, 0.29) is 42.7 Å². The highest BCUT2D eigenvalue weighted by Gasteiger charge is 2.55. The highest BCUT2D eigenvalue weighted by molar-refractivity contribution is 5.97. The number of aliphatic hydroxyl groups excluding tert-OH is 1. The van der Waals surface area contributed by atoms with Crippen molar-refractivity contribution >= 4 is 23.3 Å². The van der Waals surface area contributed by atoms with Gasteiger partial charge in [-0.05, 0) is 41.5 Å². The average molecular weight is 445 g/mol. The Labute approximate surface area is 191 Å². The van der Waals surface area contributed by atoms with Crippen molar-refractivity contribution in [3.63, 3.8) is 0 Å². The number of fused-ring (bicyclic) bond motifs is 3. The molecule has 6 nitrogen and oxygen atoms in total. The minimum Gasteiger partial charge on any atom is -0.394 e. The number of rotatable bonds is 4. The van der Waals surface area contributed by atoms with Crippen LogP contribution in [0, 0.1) is 5.82 Å². The molecular weight excluding hydrogens is 421 g/mol. The molecule has 0 bridgehead atoms. The summed E-state index contributed by atoms with van der Waals surface area (Å²) in [6, 6.07) is 21.7. The Bertz CT molecular complexity index is 1170. The molecule has 1 saturated heterocycles. The predicted octanol–water partition coefficient (Wildman–Crippen LogP) is 3.78. The van der Waals surface area contributed by atoms with E-state index in [0.717, 1.165) is 16.8 Å². The molecule has 0 saturated carbocycles. The van der Waals surface area contributed by atoms with E-state index in [4.69, 9.17) is 0 Å². The number of carbonyl (C=O) groups excluding carboxylic acids is 2. The van der Waals surface area contributed by atoms with Gasteiger partial charge in [-0.25, -0.2) is 9.18 Å². The number of amides is 3. The van der Waals surface area contributed by atoms with Gasteiger partial charge in [0.2, 0.25) is 5.91 Å². The molecule has 2 aliphatic heterocycles. The van der Waals surface area contributed by atoms with E-state index in [9.17, 15) is 19.1 Å². The number of carbonyl (C=O) groups is 2. The Kier molecular flexibility index (Phi) is 5.56. The van der Waals surface area contributed by atoms with Crippen molar-refractivity contribution in [1.82, 2.24) is 4.90 Å². The molecular formula is C26H24FN3O3. The van der Waals surface area contributed by atoms with Crippen LogP contribution >= 0.6 is 0 Å². The minimum absolute atomic E-state index is 0.0431. The number of para-hydroxylation sites is 1. The van der Waals surface area contributed by atoms with Crippen LogP contribution in [0.3, 0.4) is 0 Å². The van der Waals surface area contributed by atoms with Crippen molar-refractivity contribution < 1.29 is 19.1 Å². The van der Waals surface area contributed by atoms with Gasteiger partial charge < -0.3 is 20.2 Å². The number of hydrogen-bond acceptors (Lipinski definition) is 3. The largest absolute Gasteiger partial charge is 0.394 e. The first kappa shape index (κ1) is 21.2. The monoisotopic (exact) mass is 445 g/mol. The Hall–Kier alpha value is -3.71. The molecule has 2 aliphatic rings. The quantitative estimate of drug-likeness (QED) is 0.642. The van der Waals surface area contributed by atoms with Crippen LogP contribution in [0.2, 0.25) is 0 Å². The third-order valence-corrected chi connectivity index (χ3v) is 6.52. The molecule has 0 aromatic heterocycles. The van der Waals surface area contributed by atoms with Gasteiger partial charge in [-0.1, -0.05) is 48.5 Å². The van der Waals surface area contributed by atoms with Gasteiger partial charge in [0.05, 0.1) is 25.1 Å². The van der Waals surface area contributed by atoms with Crippen LogP contribution in [0.5, 0.6) is 0 Å². The van der Waals surface area contributed by atoms with Gasteiger partial charge >= 0.3 is 6.03 Å². The number of likely N-dealkylation sites (tertiary alicyclic amines) is 1. The lowest BCUT2D eigenvalue weighted by molar-refractivity contribution is -0.118. The number of benzene rings is 3. The molecule has 2 N–H and O–H groups in total. The maximum absolute atomic E-state index is 13.3. The first-order valence-electron chi connectivity index (χ1n) is 11.0. The molecule has 1 fully saturated rings. The SMILES string of the molecule is O=C(Cc1ccccc1)N1C[C@H]2[C@@H](c3ccccc31)[C@@H](CO)N2C(=O)Nc1ccc(F)cc1. The molecule has 33 heavy (non-hydrogen) atoms. The molecule has 0 aliphatic carbocycles. The molecule has 3 atom stereocenters. The molecule has 0 unspecified atom stereocenters. The molecule has 5 rings (SSSR count). The van der Waals surface area contributed by atoms with Gasteiger partial charge in [-0.3, -0.25) is 4.79 Å². The second-order valence-electron chi connectivity index (χ2n) is 8.41. The van der Waals surface area contributed by atoms with Gasteiger partial charge in [0.25, 0.3) is 0 Å². The van der Waals surface area contributed by atoms with Crippen molar-refractivity contribution in [1.29, 1.82) is 0 Å². The number of nitrogens with one attached hydrogen (secondary N) is 1. The summed E-state index contributed by atoms with van der Waals surface area (Å²) in [5, 5.41) is 12.9. The zero-order chi connectivity index (χ0) is 22.9. The van der Waals surface area contributed by atoms with Crippen LogP contribution in [-0.4, -0.2) is 47.2 Å². The van der Waals surface area contributed by atoms with E-state index >= 15 is 0 Å². The van der Waals surface area contributed by atoms with E-state index in [1.54, 1.807) is 9.80 Å². The lowest BCUT2D eigenvalue weighted by Gasteiger charge is -2.58. The number of hydrogen-bond donors (Lipinski definition) is 2. The van der Waals surface area contributed by atoms with Crippen LogP contribution in [-0.2, 0) is 11.2 Å². The van der Waals surface area contributed by atoms with Crippen molar-refractivity contribution in [3.8, 4) is 0 Å². The molecule has 7 heteroatoms. The number of urea groups is 1. The summed E-state index contributed by atoms with van der Waals surface area (Å²) in [5.74, 6) is -0.494. The van der Waals surface area contributed by atoms with E-state index in [0.29, 0.717) is 12.2 Å². The smallest absolute Gasteiger partial charge is 0.322 e. The Balaban J connectivity index is 1.41. The fraction of sp³-hybridized carbons (Fsp3) is 0.231. The molecule has 168 valence electrons. The predicted molar refractivity (Wildman–Crippen MR) is 124 cm³/mol. The van der Waals surface area contributed by atoms with Crippen molar-refractivity contribution in [3.05, 3.63) is 95.8 Å². The van der Waals surface area contributed by atoms with Crippen LogP contribution in [0.25, 0.3) is 0 Å². The highest BCUT2D eigenvalue weighted by Crippen LogP contribution is 2.48. The number of aliphatic hydroxyl groups is 1. The zero-order valence-corrected chi connectivity index (χ0v) is 17.9. The van der Waals surface area contributed by atoms with E-state index in [1.807, 2.05) is 54.6 Å². The highest BCUT2D eigenvalue weighted by atomic mass is 19.1. The normalized spacial score (nSPS) is 21.0. The second-order valence-corrected chi connectivity index (χ2v) is 8.41. The van der Waals surface area contributed by atoms with Gasteiger partial charge in [-0.2, -0.15) is 0 Å². The lowest BCUT2D eigenvalue weighted by Crippen LogP contribution is -2.71. The first-order valence-corrected chi connectivity index (χ1v) is 11.0. The van der Waals surface area contributed by atoms with Gasteiger partial charge in [0.1, 0.15) is 5.82 Å². The third kappa shape index (κ3) is 3.85. The standard InChI is InChI=1S/C26H24FN3O3/c27-18-10-12-19(13-11-18)28-26(33)30-22-15-29(24(32)14-17-6-2-1-3-7-17)21-9-5-4-8-20(21)25(22)23(30)16-31/h1-13,22-23,25,31H,14-16H2,(H,28,33)/t22-,23+,25+/m0/s1. The summed E-state index contributed by atoms with van der Waals surface area (Å²) in [6.07, 6.45) is 0.262. The van der Waals surface area contributed by atoms with Gasteiger partial charge in [-0.15, -0.1) is 0 Å². The molecule has 3 aromatic rings. The van der Waals surface area contributed by atoms with Gasteiger partial charge in [0.15, 0.2) is 0 Å². The summed E-state index contributed by atoms with van der Waals surface area (Å²) >= 11 is 0. The van der Waals surface area contributed by atoms with E-state index in [2.05, 4.69) is 5.32 Å². The van der Waals surface area contributed by atoms with Crippen LogP contribution < -0.4 is 10.2 Å². The minimum atomic E-state index is -0.400. The number of nitrogens with zero attached hydrogens (tertiary/aromatic N) is 2. The summed E-state index contributed by atoms with van der Waals surface area (Å²) in [5.41, 5.74) is 3.18. The third-order valence-electron chi connectivity index (χ3n) is 6.52. The number of halogens is 1. The Morgan fingerprint density at radius 2 is 1.67 bits per heavy atom. The van der Waals surface area contributed by atoms with Crippen LogP contribution in [0.1, 0.15) is 17.0 Å². The van der Waals surface area contributed by atoms with Crippen molar-refractivity contribution in [2.24, 2.45) is 0 Å². The fourth-order valence-corrected chi connectivity index (χ4v) is 4.99. The van der Waals surface area contributed by atoms with Crippen LogP contribution in [0.4, 0.5) is 20.6 Å². The first-order chi connectivity index (χ1) is 16.1. The lowest BCUT2D eigenvalue weighted by atomic mass is 9.72.